The second kappa shape index (κ2) is 10.8. The molecule has 0 aromatic heterocycles. The van der Waals surface area contributed by atoms with Gasteiger partial charge in [0.05, 0.1) is 5.71 Å². The van der Waals surface area contributed by atoms with E-state index in [1.165, 1.54) is 0 Å². The Bertz CT molecular complexity index is 1150. The number of rotatable bonds is 11. The van der Waals surface area contributed by atoms with Crippen molar-refractivity contribution in [2.45, 2.75) is 32.2 Å². The summed E-state index contributed by atoms with van der Waals surface area (Å²) in [4.78, 5) is 7.86. The van der Waals surface area contributed by atoms with Crippen LogP contribution in [-0.2, 0) is 18.1 Å². The van der Waals surface area contributed by atoms with Gasteiger partial charge in [0.2, 0.25) is 0 Å². The van der Waals surface area contributed by atoms with Gasteiger partial charge in [-0.3, -0.25) is 0 Å². The fourth-order valence-electron chi connectivity index (χ4n) is 4.17. The molecule has 0 N–H and O–H groups in total. The lowest BCUT2D eigenvalue weighted by molar-refractivity contribution is 0.133. The molecule has 0 spiro atoms. The van der Waals surface area contributed by atoms with E-state index < -0.39 is 0 Å². The smallest absolute Gasteiger partial charge is 0.165 e. The van der Waals surface area contributed by atoms with E-state index in [0.717, 1.165) is 47.5 Å². The van der Waals surface area contributed by atoms with Crippen molar-refractivity contribution in [3.05, 3.63) is 89.5 Å². The average Bonchev–Trinajstić information content (AvgIpc) is 3.65. The van der Waals surface area contributed by atoms with E-state index in [9.17, 15) is 0 Å². The molecule has 1 saturated carbocycles. The highest BCUT2D eigenvalue weighted by Crippen LogP contribution is 2.48. The maximum absolute atomic E-state index is 6.26. The minimum Gasteiger partial charge on any atom is -0.489 e. The maximum Gasteiger partial charge on any atom is 0.165 e. The lowest BCUT2D eigenvalue weighted by atomic mass is 10.0. The minimum atomic E-state index is 0.157. The highest BCUT2D eigenvalue weighted by Gasteiger charge is 2.49. The standard InChI is InChI=1S/C29H32N2O4/c1-31(2)14-9-15-34-30-29-23-16-25(23)35-26-18-28(33-20-22-12-7-4-8-13-22)27(17-24(26)29)32-19-21-10-5-3-6-11-21/h3-8,10-13,17-18,23,25H,9,14-16,19-20H2,1-2H3. The van der Waals surface area contributed by atoms with E-state index in [4.69, 9.17) is 19.0 Å². The lowest BCUT2D eigenvalue weighted by Crippen LogP contribution is -2.19. The van der Waals surface area contributed by atoms with Crippen LogP contribution in [0.15, 0.2) is 78.0 Å². The molecule has 5 rings (SSSR count). The molecular formula is C29H32N2O4. The highest BCUT2D eigenvalue weighted by atomic mass is 16.6. The first-order valence-electron chi connectivity index (χ1n) is 12.2. The molecule has 6 nitrogen and oxygen atoms in total. The molecule has 0 amide bonds. The van der Waals surface area contributed by atoms with Crippen molar-refractivity contribution in [1.29, 1.82) is 0 Å². The van der Waals surface area contributed by atoms with Crippen molar-refractivity contribution in [1.82, 2.24) is 4.90 Å². The summed E-state index contributed by atoms with van der Waals surface area (Å²) in [6, 6.07) is 24.2. The molecule has 182 valence electrons. The summed E-state index contributed by atoms with van der Waals surface area (Å²) in [6.07, 6.45) is 2.04. The van der Waals surface area contributed by atoms with Gasteiger partial charge in [-0.2, -0.15) is 0 Å². The number of ether oxygens (including phenoxy) is 3. The van der Waals surface area contributed by atoms with Gasteiger partial charge in [-0.1, -0.05) is 65.8 Å². The van der Waals surface area contributed by atoms with Crippen molar-refractivity contribution in [3.63, 3.8) is 0 Å². The summed E-state index contributed by atoms with van der Waals surface area (Å²) >= 11 is 0. The van der Waals surface area contributed by atoms with E-state index in [1.807, 2.05) is 60.7 Å². The van der Waals surface area contributed by atoms with Crippen molar-refractivity contribution in [2.75, 3.05) is 27.2 Å². The Balaban J connectivity index is 1.38. The van der Waals surface area contributed by atoms with Gasteiger partial charge < -0.3 is 23.9 Å². The molecule has 3 aromatic rings. The molecule has 2 aliphatic rings. The highest BCUT2D eigenvalue weighted by molar-refractivity contribution is 6.07. The zero-order valence-electron chi connectivity index (χ0n) is 20.4. The van der Waals surface area contributed by atoms with Crippen LogP contribution in [0, 0.1) is 5.92 Å². The van der Waals surface area contributed by atoms with Gasteiger partial charge in [0.1, 0.15) is 31.7 Å². The number of hydrogen-bond donors (Lipinski definition) is 0. The van der Waals surface area contributed by atoms with E-state index in [1.54, 1.807) is 0 Å². The van der Waals surface area contributed by atoms with Crippen LogP contribution < -0.4 is 14.2 Å². The molecule has 2 atom stereocenters. The van der Waals surface area contributed by atoms with E-state index in [0.29, 0.717) is 31.3 Å². The molecule has 1 fully saturated rings. The Morgan fingerprint density at radius 3 is 2.14 bits per heavy atom. The molecule has 1 aliphatic carbocycles. The predicted octanol–water partition coefficient (Wildman–Crippen LogP) is 5.30. The lowest BCUT2D eigenvalue weighted by Gasteiger charge is -2.22. The Morgan fingerprint density at radius 1 is 0.886 bits per heavy atom. The van der Waals surface area contributed by atoms with Crippen LogP contribution in [0.1, 0.15) is 29.5 Å². The largest absolute Gasteiger partial charge is 0.489 e. The van der Waals surface area contributed by atoms with Crippen LogP contribution >= 0.6 is 0 Å². The van der Waals surface area contributed by atoms with Gasteiger partial charge >= 0.3 is 0 Å². The molecule has 0 radical (unpaired) electrons. The SMILES string of the molecule is CN(C)CCCON=C1c2cc(OCc3ccccc3)c(OCc3ccccc3)cc2OC2CC12. The van der Waals surface area contributed by atoms with Gasteiger partial charge in [0, 0.05) is 24.1 Å². The second-order valence-corrected chi connectivity index (χ2v) is 9.31. The Morgan fingerprint density at radius 2 is 1.51 bits per heavy atom. The van der Waals surface area contributed by atoms with Gasteiger partial charge in [0.25, 0.3) is 0 Å². The van der Waals surface area contributed by atoms with Gasteiger partial charge in [-0.05, 0) is 44.1 Å². The van der Waals surface area contributed by atoms with Crippen molar-refractivity contribution in [3.8, 4) is 17.2 Å². The molecule has 35 heavy (non-hydrogen) atoms. The van der Waals surface area contributed by atoms with E-state index in [-0.39, 0.29) is 12.0 Å². The average molecular weight is 473 g/mol. The zero-order chi connectivity index (χ0) is 24.0. The molecule has 1 aliphatic heterocycles. The van der Waals surface area contributed by atoms with Crippen LogP contribution in [-0.4, -0.2) is 44.0 Å². The molecule has 0 saturated heterocycles. The Kier molecular flexibility index (Phi) is 7.19. The summed E-state index contributed by atoms with van der Waals surface area (Å²) < 4.78 is 18.7. The minimum absolute atomic E-state index is 0.157. The number of fused-ring (bicyclic) bond motifs is 2. The van der Waals surface area contributed by atoms with Crippen LogP contribution in [0.4, 0.5) is 0 Å². The normalized spacial score (nSPS) is 19.0. The number of benzene rings is 3. The van der Waals surface area contributed by atoms with Crippen molar-refractivity contribution < 1.29 is 19.0 Å². The molecule has 1 heterocycles. The van der Waals surface area contributed by atoms with Crippen molar-refractivity contribution in [2.24, 2.45) is 11.1 Å². The molecular weight excluding hydrogens is 440 g/mol. The predicted molar refractivity (Wildman–Crippen MR) is 136 cm³/mol. The fraction of sp³-hybridized carbons (Fsp3) is 0.345. The number of oxime groups is 1. The zero-order valence-corrected chi connectivity index (χ0v) is 20.4. The third-order valence-electron chi connectivity index (χ3n) is 6.16. The maximum atomic E-state index is 6.26. The topological polar surface area (TPSA) is 52.5 Å². The fourth-order valence-corrected chi connectivity index (χ4v) is 4.17. The molecule has 3 aromatic carbocycles. The van der Waals surface area contributed by atoms with Crippen LogP contribution in [0.25, 0.3) is 0 Å². The first kappa shape index (κ1) is 23.2. The van der Waals surface area contributed by atoms with Gasteiger partial charge in [-0.25, -0.2) is 0 Å². The quantitative estimate of drug-likeness (QED) is 0.280. The van der Waals surface area contributed by atoms with E-state index in [2.05, 4.69) is 36.3 Å². The molecule has 0 bridgehead atoms. The second-order valence-electron chi connectivity index (χ2n) is 9.31. The third kappa shape index (κ3) is 5.95. The molecule has 2 unspecified atom stereocenters. The summed E-state index contributed by atoms with van der Waals surface area (Å²) in [5, 5.41) is 4.55. The van der Waals surface area contributed by atoms with Crippen LogP contribution in [0.3, 0.4) is 0 Å². The van der Waals surface area contributed by atoms with Gasteiger partial charge in [0.15, 0.2) is 11.5 Å². The number of nitrogens with zero attached hydrogens (tertiary/aromatic N) is 2. The first-order chi connectivity index (χ1) is 17.2. The Labute approximate surface area is 207 Å². The summed E-state index contributed by atoms with van der Waals surface area (Å²) in [6.45, 7) is 2.45. The summed E-state index contributed by atoms with van der Waals surface area (Å²) in [7, 11) is 4.12. The molecule has 6 heteroatoms. The Hall–Kier alpha value is -3.51. The summed E-state index contributed by atoms with van der Waals surface area (Å²) in [5.41, 5.74) is 4.05. The van der Waals surface area contributed by atoms with Crippen LogP contribution in [0.5, 0.6) is 17.2 Å². The summed E-state index contributed by atoms with van der Waals surface area (Å²) in [5.74, 6) is 2.38. The number of hydrogen-bond acceptors (Lipinski definition) is 6. The van der Waals surface area contributed by atoms with E-state index >= 15 is 0 Å². The van der Waals surface area contributed by atoms with Crippen molar-refractivity contribution >= 4 is 5.71 Å². The monoisotopic (exact) mass is 472 g/mol. The van der Waals surface area contributed by atoms with Crippen LogP contribution in [0.2, 0.25) is 0 Å². The first-order valence-corrected chi connectivity index (χ1v) is 12.2. The third-order valence-corrected chi connectivity index (χ3v) is 6.16. The van der Waals surface area contributed by atoms with Gasteiger partial charge in [-0.15, -0.1) is 0 Å².